The van der Waals surface area contributed by atoms with Crippen LogP contribution in [0.4, 0.5) is 0 Å². The van der Waals surface area contributed by atoms with Gasteiger partial charge < -0.3 is 4.42 Å². The lowest BCUT2D eigenvalue weighted by Gasteiger charge is -2.11. The molecule has 0 radical (unpaired) electrons. The number of hydrogen-bond acceptors (Lipinski definition) is 5. The van der Waals surface area contributed by atoms with Gasteiger partial charge in [-0.15, -0.1) is 0 Å². The molecule has 57 heavy (non-hydrogen) atoms. The van der Waals surface area contributed by atoms with Gasteiger partial charge in [0.2, 0.25) is 0 Å². The van der Waals surface area contributed by atoms with Crippen molar-refractivity contribution in [1.29, 1.82) is 0 Å². The third kappa shape index (κ3) is 5.81. The van der Waals surface area contributed by atoms with Crippen LogP contribution in [0, 0.1) is 0 Å². The molecule has 0 aliphatic heterocycles. The van der Waals surface area contributed by atoms with Crippen LogP contribution in [-0.4, -0.2) is 19.9 Å². The molecule has 3 aromatic heterocycles. The molecule has 5 nitrogen and oxygen atoms in total. The molecule has 0 aliphatic rings. The minimum absolute atomic E-state index is 0.610. The van der Waals surface area contributed by atoms with E-state index < -0.39 is 0 Å². The van der Waals surface area contributed by atoms with Crippen molar-refractivity contribution in [3.63, 3.8) is 0 Å². The van der Waals surface area contributed by atoms with E-state index in [1.54, 1.807) is 0 Å². The number of pyridine rings is 1. The normalized spacial score (nSPS) is 11.5. The fourth-order valence-corrected chi connectivity index (χ4v) is 7.93. The van der Waals surface area contributed by atoms with Crippen molar-refractivity contribution in [2.24, 2.45) is 0 Å². The molecule has 11 aromatic rings. The number of aromatic nitrogens is 4. The van der Waals surface area contributed by atoms with Crippen LogP contribution in [0.3, 0.4) is 0 Å². The highest BCUT2D eigenvalue weighted by atomic mass is 16.3. The summed E-state index contributed by atoms with van der Waals surface area (Å²) in [5, 5.41) is 5.53. The maximum Gasteiger partial charge on any atom is 0.164 e. The Balaban J connectivity index is 1.02. The standard InChI is InChI=1S/C52H32N4O/c1-4-13-33(14-5-1)34-23-25-37(26-24-34)51-54-50(36-17-8-3-9-18-36)55-52(56-51)40-20-12-19-38(31-40)39-27-28-42-46(32-39)57-45-30-29-43-47(48(42)45)41-21-10-11-22-44(41)53-49(43)35-15-6-2-7-16-35/h1-32H. The van der Waals surface area contributed by atoms with Gasteiger partial charge in [-0.3, -0.25) is 0 Å². The minimum Gasteiger partial charge on any atom is -0.456 e. The first-order chi connectivity index (χ1) is 28.2. The second kappa shape index (κ2) is 13.5. The second-order valence-corrected chi connectivity index (χ2v) is 14.2. The number of furan rings is 1. The van der Waals surface area contributed by atoms with Crippen molar-refractivity contribution in [3.05, 3.63) is 194 Å². The quantitative estimate of drug-likeness (QED) is 0.160. The fourth-order valence-electron chi connectivity index (χ4n) is 7.93. The Morgan fingerprint density at radius 2 is 0.789 bits per heavy atom. The van der Waals surface area contributed by atoms with Gasteiger partial charge in [0.25, 0.3) is 0 Å². The largest absolute Gasteiger partial charge is 0.456 e. The van der Waals surface area contributed by atoms with Gasteiger partial charge in [0.1, 0.15) is 11.2 Å². The number of hydrogen-bond donors (Lipinski definition) is 0. The Bertz CT molecular complexity index is 3270. The number of fused-ring (bicyclic) bond motifs is 7. The maximum absolute atomic E-state index is 6.64. The van der Waals surface area contributed by atoms with Crippen molar-refractivity contribution in [2.45, 2.75) is 0 Å². The molecule has 0 aliphatic carbocycles. The molecular formula is C52H32N4O. The predicted molar refractivity (Wildman–Crippen MR) is 233 cm³/mol. The van der Waals surface area contributed by atoms with E-state index in [1.165, 1.54) is 5.56 Å². The van der Waals surface area contributed by atoms with Crippen LogP contribution < -0.4 is 0 Å². The molecule has 8 aromatic carbocycles. The van der Waals surface area contributed by atoms with Crippen molar-refractivity contribution < 1.29 is 4.42 Å². The average molecular weight is 729 g/mol. The smallest absolute Gasteiger partial charge is 0.164 e. The monoisotopic (exact) mass is 728 g/mol. The molecule has 0 saturated carbocycles. The van der Waals surface area contributed by atoms with Gasteiger partial charge in [0, 0.05) is 49.2 Å². The fraction of sp³-hybridized carbons (Fsp3) is 0. The average Bonchev–Trinajstić information content (AvgIpc) is 3.68. The summed E-state index contributed by atoms with van der Waals surface area (Å²) < 4.78 is 6.64. The van der Waals surface area contributed by atoms with Crippen LogP contribution in [0.25, 0.3) is 111 Å². The zero-order valence-corrected chi connectivity index (χ0v) is 30.7. The van der Waals surface area contributed by atoms with Gasteiger partial charge >= 0.3 is 0 Å². The van der Waals surface area contributed by atoms with Crippen LogP contribution in [0.15, 0.2) is 199 Å². The number of benzene rings is 8. The van der Waals surface area contributed by atoms with Crippen LogP contribution in [0.1, 0.15) is 0 Å². The van der Waals surface area contributed by atoms with E-state index in [2.05, 4.69) is 146 Å². The van der Waals surface area contributed by atoms with E-state index in [0.717, 1.165) is 88.3 Å². The SMILES string of the molecule is c1ccc(-c2ccc(-c3nc(-c4ccccc4)nc(-c4cccc(-c5ccc6c(c5)oc5ccc7c(-c8ccccc8)nc8ccccc8c7c56)c4)n3)cc2)cc1. The molecule has 5 heteroatoms. The first kappa shape index (κ1) is 32.7. The summed E-state index contributed by atoms with van der Waals surface area (Å²) in [6.45, 7) is 0. The first-order valence-corrected chi connectivity index (χ1v) is 19.0. The molecule has 11 rings (SSSR count). The second-order valence-electron chi connectivity index (χ2n) is 14.2. The molecule has 0 unspecified atom stereocenters. The van der Waals surface area contributed by atoms with E-state index in [-0.39, 0.29) is 0 Å². The van der Waals surface area contributed by atoms with Gasteiger partial charge in [-0.25, -0.2) is 19.9 Å². The van der Waals surface area contributed by atoms with Gasteiger partial charge in [-0.05, 0) is 58.7 Å². The predicted octanol–water partition coefficient (Wildman–Crippen LogP) is 13.5. The van der Waals surface area contributed by atoms with Crippen molar-refractivity contribution in [3.8, 4) is 67.7 Å². The van der Waals surface area contributed by atoms with E-state index >= 15 is 0 Å². The first-order valence-electron chi connectivity index (χ1n) is 19.0. The third-order valence-electron chi connectivity index (χ3n) is 10.7. The van der Waals surface area contributed by atoms with Crippen LogP contribution in [0.5, 0.6) is 0 Å². The summed E-state index contributed by atoms with van der Waals surface area (Å²) in [6, 6.07) is 66.8. The molecule has 3 heterocycles. The van der Waals surface area contributed by atoms with E-state index in [1.807, 2.05) is 48.5 Å². The highest BCUT2D eigenvalue weighted by Crippen LogP contribution is 2.42. The number of nitrogens with zero attached hydrogens (tertiary/aromatic N) is 4. The van der Waals surface area contributed by atoms with Crippen molar-refractivity contribution in [2.75, 3.05) is 0 Å². The topological polar surface area (TPSA) is 64.7 Å². The number of rotatable bonds is 6. The Morgan fingerprint density at radius 1 is 0.281 bits per heavy atom. The Morgan fingerprint density at radius 3 is 1.53 bits per heavy atom. The van der Waals surface area contributed by atoms with E-state index in [4.69, 9.17) is 24.4 Å². The van der Waals surface area contributed by atoms with Gasteiger partial charge in [0.05, 0.1) is 11.2 Å². The summed E-state index contributed by atoms with van der Waals surface area (Å²) in [4.78, 5) is 20.2. The van der Waals surface area contributed by atoms with Crippen molar-refractivity contribution >= 4 is 43.6 Å². The molecule has 0 atom stereocenters. The van der Waals surface area contributed by atoms with Gasteiger partial charge in [-0.2, -0.15) is 0 Å². The lowest BCUT2D eigenvalue weighted by Crippen LogP contribution is -2.00. The molecule has 0 fully saturated rings. The minimum atomic E-state index is 0.610. The molecule has 0 saturated heterocycles. The van der Waals surface area contributed by atoms with E-state index in [9.17, 15) is 0 Å². The van der Waals surface area contributed by atoms with Crippen molar-refractivity contribution in [1.82, 2.24) is 19.9 Å². The molecule has 266 valence electrons. The summed E-state index contributed by atoms with van der Waals surface area (Å²) in [5.41, 5.74) is 11.8. The molecule has 0 spiro atoms. The Hall–Kier alpha value is -7.76. The highest BCUT2D eigenvalue weighted by molar-refractivity contribution is 6.28. The number of para-hydroxylation sites is 1. The zero-order valence-electron chi connectivity index (χ0n) is 30.7. The maximum atomic E-state index is 6.64. The third-order valence-corrected chi connectivity index (χ3v) is 10.7. The van der Waals surface area contributed by atoms with Gasteiger partial charge in [0.15, 0.2) is 17.5 Å². The lowest BCUT2D eigenvalue weighted by molar-refractivity contribution is 0.669. The molecule has 0 N–H and O–H groups in total. The van der Waals surface area contributed by atoms with Crippen LogP contribution >= 0.6 is 0 Å². The molecule has 0 amide bonds. The zero-order chi connectivity index (χ0) is 37.7. The Labute approximate surface area is 328 Å². The van der Waals surface area contributed by atoms with Crippen LogP contribution in [-0.2, 0) is 0 Å². The van der Waals surface area contributed by atoms with E-state index in [0.29, 0.717) is 17.5 Å². The summed E-state index contributed by atoms with van der Waals surface area (Å²) in [6.07, 6.45) is 0. The Kier molecular flexibility index (Phi) is 7.74. The van der Waals surface area contributed by atoms with Crippen LogP contribution in [0.2, 0.25) is 0 Å². The molecule has 0 bridgehead atoms. The summed E-state index contributed by atoms with van der Waals surface area (Å²) >= 11 is 0. The summed E-state index contributed by atoms with van der Waals surface area (Å²) in [5.74, 6) is 1.86. The lowest BCUT2D eigenvalue weighted by atomic mass is 9.95. The highest BCUT2D eigenvalue weighted by Gasteiger charge is 2.19. The van der Waals surface area contributed by atoms with Gasteiger partial charge in [-0.1, -0.05) is 158 Å². The summed E-state index contributed by atoms with van der Waals surface area (Å²) in [7, 11) is 0. The molecular weight excluding hydrogens is 697 g/mol.